The van der Waals surface area contributed by atoms with Crippen LogP contribution in [0.3, 0.4) is 0 Å². The van der Waals surface area contributed by atoms with E-state index in [1.165, 1.54) is 0 Å². The number of hydrogen-bond donors (Lipinski definition) is 1. The van der Waals surface area contributed by atoms with E-state index in [4.69, 9.17) is 10.5 Å². The minimum absolute atomic E-state index is 0.108. The van der Waals surface area contributed by atoms with Crippen molar-refractivity contribution >= 4 is 15.9 Å². The van der Waals surface area contributed by atoms with E-state index in [0.717, 1.165) is 15.8 Å². The molecule has 0 bridgehead atoms. The number of benzene rings is 2. The van der Waals surface area contributed by atoms with Crippen molar-refractivity contribution in [3.8, 4) is 5.75 Å². The van der Waals surface area contributed by atoms with Gasteiger partial charge in [-0.3, -0.25) is 0 Å². The first-order valence-electron chi connectivity index (χ1n) is 5.45. The smallest absolute Gasteiger partial charge is 0.133 e. The normalized spacial score (nSPS) is 12.1. The van der Waals surface area contributed by atoms with Crippen LogP contribution in [0.25, 0.3) is 0 Å². The summed E-state index contributed by atoms with van der Waals surface area (Å²) in [6.07, 6.45) is 0. The van der Waals surface area contributed by atoms with E-state index in [0.29, 0.717) is 6.61 Å². The lowest BCUT2D eigenvalue weighted by molar-refractivity contribution is 0.289. The van der Waals surface area contributed by atoms with Crippen LogP contribution in [0.15, 0.2) is 59.1 Å². The Morgan fingerprint density at radius 2 is 1.65 bits per heavy atom. The van der Waals surface area contributed by atoms with Crippen LogP contribution in [0.4, 0.5) is 0 Å². The van der Waals surface area contributed by atoms with Gasteiger partial charge in [0.15, 0.2) is 0 Å². The fraction of sp³-hybridized carbons (Fsp3) is 0.143. The van der Waals surface area contributed by atoms with Gasteiger partial charge in [0.25, 0.3) is 0 Å². The topological polar surface area (TPSA) is 35.2 Å². The molecule has 0 saturated heterocycles. The van der Waals surface area contributed by atoms with Gasteiger partial charge in [-0.2, -0.15) is 0 Å². The van der Waals surface area contributed by atoms with Crippen molar-refractivity contribution in [2.24, 2.45) is 5.73 Å². The first-order valence-corrected chi connectivity index (χ1v) is 6.24. The predicted molar refractivity (Wildman–Crippen MR) is 73.0 cm³/mol. The Balaban J connectivity index is 1.97. The maximum Gasteiger partial charge on any atom is 0.133 e. The third-order valence-corrected chi connectivity index (χ3v) is 3.14. The second-order valence-electron chi connectivity index (χ2n) is 3.76. The van der Waals surface area contributed by atoms with Crippen molar-refractivity contribution in [3.63, 3.8) is 0 Å². The van der Waals surface area contributed by atoms with Gasteiger partial charge in [0, 0.05) is 0 Å². The molecule has 0 spiro atoms. The molecule has 1 atom stereocenters. The second-order valence-corrected chi connectivity index (χ2v) is 4.61. The Morgan fingerprint density at radius 1 is 1.00 bits per heavy atom. The van der Waals surface area contributed by atoms with Crippen LogP contribution in [0.5, 0.6) is 5.75 Å². The lowest BCUT2D eigenvalue weighted by Crippen LogP contribution is -2.18. The largest absolute Gasteiger partial charge is 0.490 e. The highest BCUT2D eigenvalue weighted by molar-refractivity contribution is 9.10. The summed E-state index contributed by atoms with van der Waals surface area (Å²) in [6.45, 7) is 0.465. The van der Waals surface area contributed by atoms with E-state index < -0.39 is 0 Å². The molecule has 0 aliphatic carbocycles. The van der Waals surface area contributed by atoms with Crippen molar-refractivity contribution in [1.82, 2.24) is 0 Å². The summed E-state index contributed by atoms with van der Waals surface area (Å²) in [6, 6.07) is 17.6. The molecule has 0 aliphatic rings. The van der Waals surface area contributed by atoms with Crippen molar-refractivity contribution in [3.05, 3.63) is 64.6 Å². The van der Waals surface area contributed by atoms with Gasteiger partial charge < -0.3 is 10.5 Å². The van der Waals surface area contributed by atoms with Crippen LogP contribution in [0.2, 0.25) is 0 Å². The average Bonchev–Trinajstić information content (AvgIpc) is 2.38. The van der Waals surface area contributed by atoms with E-state index >= 15 is 0 Å². The van der Waals surface area contributed by atoms with Crippen molar-refractivity contribution < 1.29 is 4.74 Å². The third-order valence-electron chi connectivity index (χ3n) is 2.48. The Labute approximate surface area is 110 Å². The standard InChI is InChI=1S/C14H14BrNO/c15-12-8-4-5-9-14(12)17-10-13(16)11-6-2-1-3-7-11/h1-9,13H,10,16H2. The van der Waals surface area contributed by atoms with Gasteiger partial charge in [0.2, 0.25) is 0 Å². The Hall–Kier alpha value is -1.32. The van der Waals surface area contributed by atoms with E-state index in [2.05, 4.69) is 15.9 Å². The monoisotopic (exact) mass is 291 g/mol. The van der Waals surface area contributed by atoms with Crippen molar-refractivity contribution in [2.75, 3.05) is 6.61 Å². The number of para-hydroxylation sites is 1. The van der Waals surface area contributed by atoms with Crippen LogP contribution in [-0.2, 0) is 0 Å². The zero-order chi connectivity index (χ0) is 12.1. The van der Waals surface area contributed by atoms with Crippen LogP contribution < -0.4 is 10.5 Å². The van der Waals surface area contributed by atoms with E-state index in [1.807, 2.05) is 54.6 Å². The number of rotatable bonds is 4. The highest BCUT2D eigenvalue weighted by Crippen LogP contribution is 2.24. The minimum Gasteiger partial charge on any atom is -0.490 e. The molecule has 88 valence electrons. The number of hydrogen-bond acceptors (Lipinski definition) is 2. The molecule has 0 heterocycles. The van der Waals surface area contributed by atoms with Gasteiger partial charge in [0.05, 0.1) is 10.5 Å². The molecule has 0 saturated carbocycles. The number of ether oxygens (including phenoxy) is 1. The lowest BCUT2D eigenvalue weighted by atomic mass is 10.1. The molecule has 3 heteroatoms. The zero-order valence-electron chi connectivity index (χ0n) is 9.34. The molecule has 2 rings (SSSR count). The zero-order valence-corrected chi connectivity index (χ0v) is 10.9. The molecule has 0 radical (unpaired) electrons. The summed E-state index contributed by atoms with van der Waals surface area (Å²) in [5, 5.41) is 0. The predicted octanol–water partition coefficient (Wildman–Crippen LogP) is 3.53. The summed E-state index contributed by atoms with van der Waals surface area (Å²) in [4.78, 5) is 0. The first kappa shape index (κ1) is 12.1. The molecule has 2 nitrogen and oxygen atoms in total. The molecule has 2 aromatic carbocycles. The van der Waals surface area contributed by atoms with Crippen molar-refractivity contribution in [1.29, 1.82) is 0 Å². The highest BCUT2D eigenvalue weighted by atomic mass is 79.9. The van der Waals surface area contributed by atoms with Crippen molar-refractivity contribution in [2.45, 2.75) is 6.04 Å². The van der Waals surface area contributed by atoms with E-state index in [-0.39, 0.29) is 6.04 Å². The van der Waals surface area contributed by atoms with Crippen LogP contribution >= 0.6 is 15.9 Å². The molecule has 1 unspecified atom stereocenters. The first-order chi connectivity index (χ1) is 8.27. The quantitative estimate of drug-likeness (QED) is 0.935. The summed E-state index contributed by atoms with van der Waals surface area (Å²) < 4.78 is 6.63. The molecular formula is C14H14BrNO. The van der Waals surface area contributed by atoms with Gasteiger partial charge in [0.1, 0.15) is 12.4 Å². The average molecular weight is 292 g/mol. The second kappa shape index (κ2) is 5.84. The fourth-order valence-corrected chi connectivity index (χ4v) is 1.94. The Kier molecular flexibility index (Phi) is 4.18. The third kappa shape index (κ3) is 3.32. The van der Waals surface area contributed by atoms with Crippen LogP contribution in [-0.4, -0.2) is 6.61 Å². The highest BCUT2D eigenvalue weighted by Gasteiger charge is 2.07. The van der Waals surface area contributed by atoms with Gasteiger partial charge in [-0.05, 0) is 33.6 Å². The summed E-state index contributed by atoms with van der Waals surface area (Å²) in [5.41, 5.74) is 7.14. The maximum absolute atomic E-state index is 6.05. The Morgan fingerprint density at radius 3 is 2.35 bits per heavy atom. The number of nitrogens with two attached hydrogens (primary N) is 1. The molecule has 0 fully saturated rings. The van der Waals surface area contributed by atoms with E-state index in [9.17, 15) is 0 Å². The summed E-state index contributed by atoms with van der Waals surface area (Å²) in [7, 11) is 0. The molecule has 0 aliphatic heterocycles. The summed E-state index contributed by atoms with van der Waals surface area (Å²) >= 11 is 3.44. The van der Waals surface area contributed by atoms with Gasteiger partial charge in [-0.1, -0.05) is 42.5 Å². The van der Waals surface area contributed by atoms with Crippen LogP contribution in [0, 0.1) is 0 Å². The van der Waals surface area contributed by atoms with Gasteiger partial charge >= 0.3 is 0 Å². The Bertz CT molecular complexity index is 473. The molecule has 0 amide bonds. The minimum atomic E-state index is -0.108. The molecule has 0 aromatic heterocycles. The molecule has 2 aromatic rings. The summed E-state index contributed by atoms with van der Waals surface area (Å²) in [5.74, 6) is 0.818. The fourth-order valence-electron chi connectivity index (χ4n) is 1.54. The maximum atomic E-state index is 6.05. The lowest BCUT2D eigenvalue weighted by Gasteiger charge is -2.14. The molecular weight excluding hydrogens is 278 g/mol. The SMILES string of the molecule is NC(COc1ccccc1Br)c1ccccc1. The van der Waals surface area contributed by atoms with Gasteiger partial charge in [-0.15, -0.1) is 0 Å². The van der Waals surface area contributed by atoms with Crippen LogP contribution in [0.1, 0.15) is 11.6 Å². The van der Waals surface area contributed by atoms with E-state index in [1.54, 1.807) is 0 Å². The molecule has 2 N–H and O–H groups in total. The molecule has 17 heavy (non-hydrogen) atoms. The van der Waals surface area contributed by atoms with Gasteiger partial charge in [-0.25, -0.2) is 0 Å². The number of halogens is 1.